The van der Waals surface area contributed by atoms with Crippen LogP contribution >= 0.6 is 0 Å². The van der Waals surface area contributed by atoms with Gasteiger partial charge in [0, 0.05) is 17.3 Å². The summed E-state index contributed by atoms with van der Waals surface area (Å²) in [4.78, 5) is 27.1. The van der Waals surface area contributed by atoms with Gasteiger partial charge < -0.3 is 16.4 Å². The normalized spacial score (nSPS) is 23.6. The number of amides is 2. The summed E-state index contributed by atoms with van der Waals surface area (Å²) in [6, 6.07) is 7.39. The molecule has 4 N–H and O–H groups in total. The van der Waals surface area contributed by atoms with E-state index in [9.17, 15) is 9.59 Å². The number of hydrogen-bond donors (Lipinski definition) is 3. The molecule has 0 bridgehead atoms. The van der Waals surface area contributed by atoms with Gasteiger partial charge in [0.2, 0.25) is 11.8 Å². The molecule has 1 aromatic rings. The lowest BCUT2D eigenvalue weighted by Gasteiger charge is -2.19. The maximum absolute atomic E-state index is 12.6. The third-order valence-electron chi connectivity index (χ3n) is 5.78. The van der Waals surface area contributed by atoms with Gasteiger partial charge in [-0.05, 0) is 69.4 Å². The summed E-state index contributed by atoms with van der Waals surface area (Å²) in [7, 11) is 0. The van der Waals surface area contributed by atoms with E-state index in [0.717, 1.165) is 43.7 Å². The van der Waals surface area contributed by atoms with Crippen molar-refractivity contribution < 1.29 is 9.59 Å². The van der Waals surface area contributed by atoms with Crippen LogP contribution in [0.5, 0.6) is 0 Å². The molecule has 1 aliphatic heterocycles. The number of carbonyl (C=O) groups excluding carboxylic acids is 2. The molecule has 0 spiro atoms. The number of hydrogen-bond acceptors (Lipinski definition) is 4. The molecule has 0 aromatic heterocycles. The van der Waals surface area contributed by atoms with Crippen molar-refractivity contribution in [1.29, 1.82) is 0 Å². The number of likely N-dealkylation sites (tertiary alicyclic amines) is 1. The summed E-state index contributed by atoms with van der Waals surface area (Å²) in [5, 5.41) is 5.96. The third kappa shape index (κ3) is 5.78. The standard InChI is InChI=1S/C21H32N4O2/c22-14-16-7-5-10-19(16)21(27)24-18-9-6-8-17(13-18)23-20(26)15-25-11-3-1-2-4-12-25/h6,8-9,13,16,19H,1-5,7,10-12,14-15,22H2,(H,23,26)(H,24,27)/t16-,19-/m1/s1. The number of anilines is 2. The van der Waals surface area contributed by atoms with Gasteiger partial charge in [-0.15, -0.1) is 0 Å². The number of nitrogens with zero attached hydrogens (tertiary/aromatic N) is 1. The van der Waals surface area contributed by atoms with Gasteiger partial charge in [-0.25, -0.2) is 0 Å². The molecule has 6 heteroatoms. The molecule has 1 saturated heterocycles. The highest BCUT2D eigenvalue weighted by Crippen LogP contribution is 2.32. The zero-order valence-corrected chi connectivity index (χ0v) is 16.1. The Labute approximate surface area is 161 Å². The van der Waals surface area contributed by atoms with Crippen molar-refractivity contribution in [2.24, 2.45) is 17.6 Å². The highest BCUT2D eigenvalue weighted by molar-refractivity contribution is 5.95. The average molecular weight is 373 g/mol. The lowest BCUT2D eigenvalue weighted by molar-refractivity contribution is -0.120. The van der Waals surface area contributed by atoms with Gasteiger partial charge in [0.15, 0.2) is 0 Å². The minimum absolute atomic E-state index is 0.000588. The maximum atomic E-state index is 12.6. The van der Waals surface area contributed by atoms with Crippen molar-refractivity contribution in [1.82, 2.24) is 4.90 Å². The van der Waals surface area contributed by atoms with E-state index in [-0.39, 0.29) is 23.7 Å². The smallest absolute Gasteiger partial charge is 0.238 e. The summed E-state index contributed by atoms with van der Waals surface area (Å²) < 4.78 is 0. The van der Waals surface area contributed by atoms with Gasteiger partial charge in [-0.3, -0.25) is 14.5 Å². The first-order valence-corrected chi connectivity index (χ1v) is 10.3. The Morgan fingerprint density at radius 2 is 1.70 bits per heavy atom. The first-order valence-electron chi connectivity index (χ1n) is 10.3. The minimum atomic E-state index is -0.00344. The van der Waals surface area contributed by atoms with Gasteiger partial charge in [-0.1, -0.05) is 25.3 Å². The molecule has 6 nitrogen and oxygen atoms in total. The number of rotatable bonds is 6. The maximum Gasteiger partial charge on any atom is 0.238 e. The van der Waals surface area contributed by atoms with E-state index in [0.29, 0.717) is 13.1 Å². The Kier molecular flexibility index (Phi) is 7.24. The molecule has 1 aromatic carbocycles. The van der Waals surface area contributed by atoms with E-state index < -0.39 is 0 Å². The van der Waals surface area contributed by atoms with Crippen LogP contribution in [0, 0.1) is 11.8 Å². The minimum Gasteiger partial charge on any atom is -0.330 e. The molecular formula is C21H32N4O2. The van der Waals surface area contributed by atoms with Crippen molar-refractivity contribution in [3.8, 4) is 0 Å². The summed E-state index contributed by atoms with van der Waals surface area (Å²) in [5.74, 6) is 0.313. The molecular weight excluding hydrogens is 340 g/mol. The molecule has 1 saturated carbocycles. The second-order valence-electron chi connectivity index (χ2n) is 7.84. The van der Waals surface area contributed by atoms with Gasteiger partial charge >= 0.3 is 0 Å². The van der Waals surface area contributed by atoms with Gasteiger partial charge in [0.1, 0.15) is 0 Å². The molecule has 0 unspecified atom stereocenters. The molecule has 148 valence electrons. The van der Waals surface area contributed by atoms with Crippen LogP contribution in [-0.4, -0.2) is 42.9 Å². The van der Waals surface area contributed by atoms with E-state index in [1.165, 1.54) is 25.7 Å². The Morgan fingerprint density at radius 1 is 1.00 bits per heavy atom. The van der Waals surface area contributed by atoms with Crippen LogP contribution in [0.2, 0.25) is 0 Å². The fraction of sp³-hybridized carbons (Fsp3) is 0.619. The van der Waals surface area contributed by atoms with Crippen LogP contribution in [-0.2, 0) is 9.59 Å². The van der Waals surface area contributed by atoms with E-state index in [4.69, 9.17) is 5.73 Å². The first-order chi connectivity index (χ1) is 13.2. The number of carbonyl (C=O) groups is 2. The second kappa shape index (κ2) is 9.85. The molecule has 1 heterocycles. The van der Waals surface area contributed by atoms with Crippen LogP contribution in [0.4, 0.5) is 11.4 Å². The fourth-order valence-electron chi connectivity index (χ4n) is 4.27. The lowest BCUT2D eigenvalue weighted by Crippen LogP contribution is -2.34. The van der Waals surface area contributed by atoms with Crippen LogP contribution in [0.25, 0.3) is 0 Å². The quantitative estimate of drug-likeness (QED) is 0.716. The Balaban J connectivity index is 1.53. The zero-order valence-electron chi connectivity index (χ0n) is 16.1. The van der Waals surface area contributed by atoms with E-state index in [1.54, 1.807) is 0 Å². The molecule has 27 heavy (non-hydrogen) atoms. The monoisotopic (exact) mass is 372 g/mol. The predicted octanol–water partition coefficient (Wildman–Crippen LogP) is 2.81. The molecule has 3 rings (SSSR count). The largest absolute Gasteiger partial charge is 0.330 e. The van der Waals surface area contributed by atoms with E-state index in [2.05, 4.69) is 15.5 Å². The molecule has 2 aliphatic rings. The van der Waals surface area contributed by atoms with Crippen LogP contribution in [0.3, 0.4) is 0 Å². The molecule has 1 aliphatic carbocycles. The van der Waals surface area contributed by atoms with E-state index in [1.807, 2.05) is 24.3 Å². The highest BCUT2D eigenvalue weighted by Gasteiger charge is 2.31. The first kappa shape index (κ1) is 19.8. The van der Waals surface area contributed by atoms with Crippen molar-refractivity contribution in [2.75, 3.05) is 36.8 Å². The summed E-state index contributed by atoms with van der Waals surface area (Å²) in [5.41, 5.74) is 7.22. The summed E-state index contributed by atoms with van der Waals surface area (Å²) in [6.07, 6.45) is 7.84. The zero-order chi connectivity index (χ0) is 19.1. The van der Waals surface area contributed by atoms with Gasteiger partial charge in [0.25, 0.3) is 0 Å². The number of benzene rings is 1. The van der Waals surface area contributed by atoms with Crippen molar-refractivity contribution in [2.45, 2.75) is 44.9 Å². The molecule has 2 atom stereocenters. The second-order valence-corrected chi connectivity index (χ2v) is 7.84. The SMILES string of the molecule is NC[C@H]1CCC[C@H]1C(=O)Nc1cccc(NC(=O)CN2CCCCCC2)c1. The van der Waals surface area contributed by atoms with Gasteiger partial charge in [-0.2, -0.15) is 0 Å². The highest BCUT2D eigenvalue weighted by atomic mass is 16.2. The molecule has 0 radical (unpaired) electrons. The van der Waals surface area contributed by atoms with Crippen LogP contribution in [0.1, 0.15) is 44.9 Å². The predicted molar refractivity (Wildman–Crippen MR) is 108 cm³/mol. The Hall–Kier alpha value is -1.92. The van der Waals surface area contributed by atoms with Gasteiger partial charge in [0.05, 0.1) is 6.54 Å². The molecule has 2 amide bonds. The summed E-state index contributed by atoms with van der Waals surface area (Å²) in [6.45, 7) is 2.97. The average Bonchev–Trinajstić information content (AvgIpc) is 2.99. The Morgan fingerprint density at radius 3 is 2.41 bits per heavy atom. The van der Waals surface area contributed by atoms with Crippen LogP contribution in [0.15, 0.2) is 24.3 Å². The van der Waals surface area contributed by atoms with Crippen LogP contribution < -0.4 is 16.4 Å². The number of nitrogens with one attached hydrogen (secondary N) is 2. The fourth-order valence-corrected chi connectivity index (χ4v) is 4.27. The van der Waals surface area contributed by atoms with Crippen molar-refractivity contribution in [3.63, 3.8) is 0 Å². The lowest BCUT2D eigenvalue weighted by atomic mass is 9.95. The third-order valence-corrected chi connectivity index (χ3v) is 5.78. The summed E-state index contributed by atoms with van der Waals surface area (Å²) >= 11 is 0. The van der Waals surface area contributed by atoms with E-state index >= 15 is 0 Å². The topological polar surface area (TPSA) is 87.5 Å². The Bertz CT molecular complexity index is 641. The number of nitrogens with two attached hydrogens (primary N) is 1. The van der Waals surface area contributed by atoms with Crippen molar-refractivity contribution >= 4 is 23.2 Å². The molecule has 2 fully saturated rings. The van der Waals surface area contributed by atoms with Crippen molar-refractivity contribution in [3.05, 3.63) is 24.3 Å².